The standard InChI is InChI=1S/C21H22N6O4S.H2S/c1-26-19-4-3-14(9-15(19)11-24-26)17-10-18-20(23-6-5-22-18)21(25-17)31-13-16-12-27(7-8-30-16)32(2,28)29;/h3-6,9-11,16H,7-8,12-13H2,1-2H3;1H2/t16-;/m0./s1. The Hall–Kier alpha value is -2.80. The van der Waals surface area contributed by atoms with E-state index in [9.17, 15) is 8.42 Å². The molecule has 10 nitrogen and oxygen atoms in total. The number of aryl methyl sites for hydroxylation is 1. The number of benzene rings is 1. The van der Waals surface area contributed by atoms with E-state index in [1.807, 2.05) is 42.2 Å². The van der Waals surface area contributed by atoms with Crippen LogP contribution in [0.5, 0.6) is 5.88 Å². The highest BCUT2D eigenvalue weighted by molar-refractivity contribution is 7.88. The molecule has 4 aromatic rings. The Morgan fingerprint density at radius 3 is 2.85 bits per heavy atom. The predicted molar refractivity (Wildman–Crippen MR) is 129 cm³/mol. The van der Waals surface area contributed by atoms with Crippen molar-refractivity contribution in [1.82, 2.24) is 29.0 Å². The molecule has 1 fully saturated rings. The topological polar surface area (TPSA) is 112 Å². The maximum Gasteiger partial charge on any atom is 0.242 e. The minimum Gasteiger partial charge on any atom is -0.473 e. The first-order valence-corrected chi connectivity index (χ1v) is 12.0. The number of nitrogens with zero attached hydrogens (tertiary/aromatic N) is 6. The third-order valence-corrected chi connectivity index (χ3v) is 6.71. The molecule has 1 aromatic carbocycles. The van der Waals surface area contributed by atoms with Crippen LogP contribution in [-0.2, 0) is 21.8 Å². The van der Waals surface area contributed by atoms with Gasteiger partial charge in [-0.3, -0.25) is 9.67 Å². The summed E-state index contributed by atoms with van der Waals surface area (Å²) in [6.45, 7) is 1.05. The average Bonchev–Trinajstić information content (AvgIpc) is 3.17. The van der Waals surface area contributed by atoms with Gasteiger partial charge in [-0.15, -0.1) is 0 Å². The first kappa shape index (κ1) is 23.4. The molecule has 0 saturated carbocycles. The van der Waals surface area contributed by atoms with E-state index in [0.29, 0.717) is 35.8 Å². The average molecular weight is 489 g/mol. The Morgan fingerprint density at radius 1 is 1.21 bits per heavy atom. The number of rotatable bonds is 5. The quantitative estimate of drug-likeness (QED) is 0.418. The van der Waals surface area contributed by atoms with Crippen LogP contribution in [-0.4, -0.2) is 76.1 Å². The molecule has 174 valence electrons. The van der Waals surface area contributed by atoms with Crippen molar-refractivity contribution in [2.45, 2.75) is 6.10 Å². The molecule has 0 radical (unpaired) electrons. The Labute approximate surface area is 198 Å². The van der Waals surface area contributed by atoms with Crippen molar-refractivity contribution in [3.63, 3.8) is 0 Å². The van der Waals surface area contributed by atoms with E-state index in [0.717, 1.165) is 16.5 Å². The lowest BCUT2D eigenvalue weighted by atomic mass is 10.1. The molecular formula is C21H24N6O4S2. The van der Waals surface area contributed by atoms with Crippen molar-refractivity contribution < 1.29 is 17.9 Å². The summed E-state index contributed by atoms with van der Waals surface area (Å²) in [6, 6.07) is 7.86. The number of hydrogen-bond donors (Lipinski definition) is 0. The summed E-state index contributed by atoms with van der Waals surface area (Å²) in [5.74, 6) is 0.331. The number of aromatic nitrogens is 5. The second-order valence-electron chi connectivity index (χ2n) is 7.70. The molecule has 5 rings (SSSR count). The third-order valence-electron chi connectivity index (χ3n) is 5.44. The van der Waals surface area contributed by atoms with Gasteiger partial charge >= 0.3 is 0 Å². The Bertz CT molecular complexity index is 1410. The number of hydrogen-bond acceptors (Lipinski definition) is 8. The summed E-state index contributed by atoms with van der Waals surface area (Å²) in [7, 11) is -1.38. The second kappa shape index (κ2) is 9.21. The van der Waals surface area contributed by atoms with Crippen molar-refractivity contribution in [3.05, 3.63) is 42.9 Å². The SMILES string of the molecule is Cn1ncc2cc(-c3cc4nccnc4c(OC[C@@H]4CN(S(C)(=O)=O)CCO4)n3)ccc21.S. The van der Waals surface area contributed by atoms with Crippen LogP contribution in [0.1, 0.15) is 0 Å². The van der Waals surface area contributed by atoms with Gasteiger partial charge in [0.15, 0.2) is 5.52 Å². The maximum atomic E-state index is 11.9. The van der Waals surface area contributed by atoms with E-state index in [-0.39, 0.29) is 26.6 Å². The van der Waals surface area contributed by atoms with E-state index in [1.165, 1.54) is 10.6 Å². The Morgan fingerprint density at radius 2 is 2.03 bits per heavy atom. The zero-order valence-electron chi connectivity index (χ0n) is 18.2. The lowest BCUT2D eigenvalue weighted by molar-refractivity contribution is -0.0252. The third kappa shape index (κ3) is 4.78. The molecule has 0 spiro atoms. The first-order valence-electron chi connectivity index (χ1n) is 10.1. The van der Waals surface area contributed by atoms with Gasteiger partial charge in [0.1, 0.15) is 12.7 Å². The van der Waals surface area contributed by atoms with Crippen molar-refractivity contribution >= 4 is 45.5 Å². The monoisotopic (exact) mass is 488 g/mol. The van der Waals surface area contributed by atoms with Crippen LogP contribution in [0.4, 0.5) is 0 Å². The summed E-state index contributed by atoms with van der Waals surface area (Å²) in [5, 5.41) is 5.30. The van der Waals surface area contributed by atoms with Gasteiger partial charge in [0.05, 0.1) is 35.8 Å². The van der Waals surface area contributed by atoms with Crippen LogP contribution < -0.4 is 4.74 Å². The number of morpholine rings is 1. The highest BCUT2D eigenvalue weighted by atomic mass is 32.2. The van der Waals surface area contributed by atoms with Crippen molar-refractivity contribution in [1.29, 1.82) is 0 Å². The van der Waals surface area contributed by atoms with Gasteiger partial charge in [0, 0.05) is 43.5 Å². The molecule has 0 unspecified atom stereocenters. The molecule has 4 heterocycles. The number of pyridine rings is 1. The number of sulfonamides is 1. The number of ether oxygens (including phenoxy) is 2. The van der Waals surface area contributed by atoms with Crippen molar-refractivity contribution in [3.8, 4) is 17.1 Å². The summed E-state index contributed by atoms with van der Waals surface area (Å²) in [4.78, 5) is 13.5. The highest BCUT2D eigenvalue weighted by Crippen LogP contribution is 2.29. The molecule has 3 aromatic heterocycles. The van der Waals surface area contributed by atoms with Gasteiger partial charge in [0.2, 0.25) is 15.9 Å². The van der Waals surface area contributed by atoms with Crippen molar-refractivity contribution in [2.75, 3.05) is 32.6 Å². The molecule has 33 heavy (non-hydrogen) atoms. The second-order valence-corrected chi connectivity index (χ2v) is 9.69. The fourth-order valence-corrected chi connectivity index (χ4v) is 4.62. The van der Waals surface area contributed by atoms with E-state index in [1.54, 1.807) is 12.4 Å². The fourth-order valence-electron chi connectivity index (χ4n) is 3.78. The van der Waals surface area contributed by atoms with Crippen LogP contribution in [0.25, 0.3) is 33.2 Å². The summed E-state index contributed by atoms with van der Waals surface area (Å²) >= 11 is 0. The Kier molecular flexibility index (Phi) is 6.52. The summed E-state index contributed by atoms with van der Waals surface area (Å²) in [5.41, 5.74) is 3.81. The lowest BCUT2D eigenvalue weighted by Gasteiger charge is -2.30. The molecule has 0 N–H and O–H groups in total. The van der Waals surface area contributed by atoms with Crippen LogP contribution >= 0.6 is 13.5 Å². The molecule has 0 aliphatic carbocycles. The van der Waals surface area contributed by atoms with Gasteiger partial charge in [0.25, 0.3) is 0 Å². The van der Waals surface area contributed by atoms with Crippen molar-refractivity contribution in [2.24, 2.45) is 7.05 Å². The molecule has 1 saturated heterocycles. The molecule has 0 amide bonds. The van der Waals surface area contributed by atoms with Gasteiger partial charge in [-0.1, -0.05) is 6.07 Å². The largest absolute Gasteiger partial charge is 0.473 e. The van der Waals surface area contributed by atoms with Crippen LogP contribution in [0.15, 0.2) is 42.9 Å². The molecule has 12 heteroatoms. The molecule has 1 aliphatic heterocycles. The normalized spacial score (nSPS) is 17.2. The van der Waals surface area contributed by atoms with E-state index < -0.39 is 16.1 Å². The summed E-state index contributed by atoms with van der Waals surface area (Å²) < 4.78 is 38.7. The first-order chi connectivity index (χ1) is 15.4. The lowest BCUT2D eigenvalue weighted by Crippen LogP contribution is -2.47. The van der Waals surface area contributed by atoms with Gasteiger partial charge < -0.3 is 9.47 Å². The van der Waals surface area contributed by atoms with Gasteiger partial charge in [-0.2, -0.15) is 22.9 Å². The molecule has 0 bridgehead atoms. The maximum absolute atomic E-state index is 11.9. The van der Waals surface area contributed by atoms with Crippen LogP contribution in [0.2, 0.25) is 0 Å². The minimum atomic E-state index is -3.28. The minimum absolute atomic E-state index is 0. The highest BCUT2D eigenvalue weighted by Gasteiger charge is 2.27. The summed E-state index contributed by atoms with van der Waals surface area (Å²) in [6.07, 6.45) is 5.81. The molecule has 1 aliphatic rings. The van der Waals surface area contributed by atoms with Crippen LogP contribution in [0.3, 0.4) is 0 Å². The zero-order chi connectivity index (χ0) is 22.3. The van der Waals surface area contributed by atoms with E-state index in [2.05, 4.69) is 15.1 Å². The molecule has 1 atom stereocenters. The smallest absolute Gasteiger partial charge is 0.242 e. The molecular weight excluding hydrogens is 464 g/mol. The predicted octanol–water partition coefficient (Wildman–Crippen LogP) is 1.73. The number of fused-ring (bicyclic) bond motifs is 2. The fraction of sp³-hybridized carbons (Fsp3) is 0.333. The van der Waals surface area contributed by atoms with Crippen LogP contribution in [0, 0.1) is 0 Å². The Balaban J connectivity index is 0.00000259. The van der Waals surface area contributed by atoms with Gasteiger partial charge in [-0.05, 0) is 18.2 Å². The van der Waals surface area contributed by atoms with E-state index >= 15 is 0 Å². The van der Waals surface area contributed by atoms with Gasteiger partial charge in [-0.25, -0.2) is 18.4 Å². The van der Waals surface area contributed by atoms with E-state index in [4.69, 9.17) is 14.5 Å². The zero-order valence-corrected chi connectivity index (χ0v) is 20.0.